The van der Waals surface area contributed by atoms with Gasteiger partial charge in [0.1, 0.15) is 16.7 Å². The molecule has 3 N–H and O–H groups in total. The fourth-order valence-electron chi connectivity index (χ4n) is 2.73. The Kier molecular flexibility index (Phi) is 3.58. The first-order chi connectivity index (χ1) is 11.5. The number of nitrogens with one attached hydrogen (secondary N) is 1. The molecule has 6 nitrogen and oxygen atoms in total. The summed E-state index contributed by atoms with van der Waals surface area (Å²) in [4.78, 5) is 8.42. The second-order valence-electron chi connectivity index (χ2n) is 5.77. The first-order valence-corrected chi connectivity index (χ1v) is 7.78. The lowest BCUT2D eigenvalue weighted by molar-refractivity contribution is 0.371. The standard InChI is InChI=1S/C15H13ClF2N6/c16-9-6-20-24-14(9)22-13(12-10(17)2-1-3-11(12)18)23-15(24)21-8-4-7(19)5-8/h1-3,6-8H,4-5,19H2,(H,21,22,23). The predicted molar refractivity (Wildman–Crippen MR) is 85.8 cm³/mol. The minimum atomic E-state index is -0.744. The molecule has 2 aromatic heterocycles. The van der Waals surface area contributed by atoms with Gasteiger partial charge in [0.25, 0.3) is 0 Å². The molecule has 0 bridgehead atoms. The van der Waals surface area contributed by atoms with Gasteiger partial charge in [-0.05, 0) is 25.0 Å². The van der Waals surface area contributed by atoms with Crippen molar-refractivity contribution in [3.63, 3.8) is 0 Å². The van der Waals surface area contributed by atoms with E-state index < -0.39 is 11.6 Å². The van der Waals surface area contributed by atoms with Crippen LogP contribution in [0.15, 0.2) is 24.4 Å². The smallest absolute Gasteiger partial charge is 0.228 e. The number of fused-ring (bicyclic) bond motifs is 1. The quantitative estimate of drug-likeness (QED) is 0.759. The van der Waals surface area contributed by atoms with E-state index in [1.165, 1.54) is 16.8 Å². The van der Waals surface area contributed by atoms with E-state index in [0.29, 0.717) is 5.95 Å². The van der Waals surface area contributed by atoms with Crippen molar-refractivity contribution >= 4 is 23.2 Å². The lowest BCUT2D eigenvalue weighted by Gasteiger charge is -2.33. The van der Waals surface area contributed by atoms with Gasteiger partial charge in [-0.1, -0.05) is 17.7 Å². The summed E-state index contributed by atoms with van der Waals surface area (Å²) in [6, 6.07) is 3.86. The number of aromatic nitrogens is 4. The van der Waals surface area contributed by atoms with Gasteiger partial charge in [0.15, 0.2) is 11.5 Å². The van der Waals surface area contributed by atoms with Crippen molar-refractivity contribution in [3.05, 3.63) is 41.1 Å². The van der Waals surface area contributed by atoms with Gasteiger partial charge >= 0.3 is 0 Å². The van der Waals surface area contributed by atoms with Crippen LogP contribution in [0, 0.1) is 11.6 Å². The maximum atomic E-state index is 14.1. The average Bonchev–Trinajstić information content (AvgIpc) is 2.87. The highest BCUT2D eigenvalue weighted by atomic mass is 35.5. The van der Waals surface area contributed by atoms with Crippen LogP contribution in [0.25, 0.3) is 17.0 Å². The number of nitrogens with two attached hydrogens (primary N) is 1. The van der Waals surface area contributed by atoms with E-state index in [0.717, 1.165) is 25.0 Å². The lowest BCUT2D eigenvalue weighted by Crippen LogP contribution is -2.45. The highest BCUT2D eigenvalue weighted by molar-refractivity contribution is 6.33. The molecule has 1 aliphatic rings. The van der Waals surface area contributed by atoms with Crippen LogP contribution >= 0.6 is 11.6 Å². The summed E-state index contributed by atoms with van der Waals surface area (Å²) < 4.78 is 29.6. The Morgan fingerprint density at radius 3 is 2.58 bits per heavy atom. The zero-order valence-electron chi connectivity index (χ0n) is 12.4. The molecule has 0 saturated heterocycles. The van der Waals surface area contributed by atoms with Crippen LogP contribution in [0.1, 0.15) is 12.8 Å². The van der Waals surface area contributed by atoms with Gasteiger partial charge in [-0.3, -0.25) is 0 Å². The monoisotopic (exact) mass is 350 g/mol. The number of benzene rings is 1. The fourth-order valence-corrected chi connectivity index (χ4v) is 2.90. The molecular formula is C15H13ClF2N6. The molecule has 3 aromatic rings. The third kappa shape index (κ3) is 2.47. The highest BCUT2D eigenvalue weighted by Gasteiger charge is 2.27. The molecular weight excluding hydrogens is 338 g/mol. The third-order valence-corrected chi connectivity index (χ3v) is 4.29. The van der Waals surface area contributed by atoms with Crippen LogP contribution in [-0.4, -0.2) is 31.7 Å². The maximum absolute atomic E-state index is 14.1. The summed E-state index contributed by atoms with van der Waals surface area (Å²) in [5.41, 5.74) is 5.76. The molecule has 1 saturated carbocycles. The van der Waals surface area contributed by atoms with E-state index in [4.69, 9.17) is 17.3 Å². The van der Waals surface area contributed by atoms with Gasteiger partial charge in [0.05, 0.1) is 11.8 Å². The molecule has 1 aromatic carbocycles. The third-order valence-electron chi connectivity index (χ3n) is 4.02. The molecule has 0 unspecified atom stereocenters. The lowest BCUT2D eigenvalue weighted by atomic mass is 9.88. The van der Waals surface area contributed by atoms with E-state index in [9.17, 15) is 8.78 Å². The van der Waals surface area contributed by atoms with Gasteiger partial charge in [-0.25, -0.2) is 13.8 Å². The van der Waals surface area contributed by atoms with Crippen LogP contribution in [0.4, 0.5) is 14.7 Å². The molecule has 0 aliphatic heterocycles. The number of nitrogens with zero attached hydrogens (tertiary/aromatic N) is 4. The van der Waals surface area contributed by atoms with Crippen LogP contribution in [-0.2, 0) is 0 Å². The normalized spacial score (nSPS) is 20.2. The minimum absolute atomic E-state index is 0.0911. The molecule has 0 radical (unpaired) electrons. The van der Waals surface area contributed by atoms with Crippen molar-refractivity contribution in [1.29, 1.82) is 0 Å². The van der Waals surface area contributed by atoms with Gasteiger partial charge in [-0.2, -0.15) is 14.6 Å². The second-order valence-corrected chi connectivity index (χ2v) is 6.18. The molecule has 1 aliphatic carbocycles. The molecule has 0 spiro atoms. The summed E-state index contributed by atoms with van der Waals surface area (Å²) in [6.45, 7) is 0. The van der Waals surface area contributed by atoms with Crippen molar-refractivity contribution in [2.45, 2.75) is 24.9 Å². The largest absolute Gasteiger partial charge is 0.351 e. The Morgan fingerprint density at radius 1 is 1.21 bits per heavy atom. The summed E-state index contributed by atoms with van der Waals surface area (Å²) >= 11 is 6.08. The van der Waals surface area contributed by atoms with Gasteiger partial charge in [0, 0.05) is 12.1 Å². The SMILES string of the molecule is NC1CC(Nc2nc(-c3c(F)cccc3F)nc3c(Cl)cnn23)C1. The maximum Gasteiger partial charge on any atom is 0.228 e. The summed E-state index contributed by atoms with van der Waals surface area (Å²) in [6.07, 6.45) is 2.97. The first-order valence-electron chi connectivity index (χ1n) is 7.40. The number of halogens is 3. The highest BCUT2D eigenvalue weighted by Crippen LogP contribution is 2.28. The van der Waals surface area contributed by atoms with Crippen molar-refractivity contribution in [2.75, 3.05) is 5.32 Å². The van der Waals surface area contributed by atoms with E-state index in [-0.39, 0.29) is 34.1 Å². The van der Waals surface area contributed by atoms with E-state index in [1.807, 2.05) is 0 Å². The number of hydrogen-bond acceptors (Lipinski definition) is 5. The zero-order chi connectivity index (χ0) is 16.8. The molecule has 0 amide bonds. The van der Waals surface area contributed by atoms with Crippen molar-refractivity contribution < 1.29 is 8.78 Å². The van der Waals surface area contributed by atoms with Crippen molar-refractivity contribution in [1.82, 2.24) is 19.6 Å². The van der Waals surface area contributed by atoms with Crippen LogP contribution in [0.5, 0.6) is 0 Å². The van der Waals surface area contributed by atoms with Crippen molar-refractivity contribution in [2.24, 2.45) is 5.73 Å². The average molecular weight is 351 g/mol. The molecule has 0 atom stereocenters. The molecule has 1 fully saturated rings. The Labute approximate surface area is 140 Å². The van der Waals surface area contributed by atoms with E-state index in [1.54, 1.807) is 0 Å². The molecule has 24 heavy (non-hydrogen) atoms. The van der Waals surface area contributed by atoms with E-state index >= 15 is 0 Å². The Balaban J connectivity index is 1.86. The van der Waals surface area contributed by atoms with Crippen LogP contribution in [0.3, 0.4) is 0 Å². The molecule has 2 heterocycles. The summed E-state index contributed by atoms with van der Waals surface area (Å²) in [5, 5.41) is 7.55. The first kappa shape index (κ1) is 15.2. The summed E-state index contributed by atoms with van der Waals surface area (Å²) in [7, 11) is 0. The molecule has 9 heteroatoms. The fraction of sp³-hybridized carbons (Fsp3) is 0.267. The Morgan fingerprint density at radius 2 is 1.92 bits per heavy atom. The number of rotatable bonds is 3. The van der Waals surface area contributed by atoms with Crippen LogP contribution < -0.4 is 11.1 Å². The van der Waals surface area contributed by atoms with Gasteiger partial charge in [0.2, 0.25) is 5.95 Å². The number of anilines is 1. The van der Waals surface area contributed by atoms with E-state index in [2.05, 4.69) is 20.4 Å². The Bertz CT molecular complexity index is 901. The van der Waals surface area contributed by atoms with Gasteiger partial charge in [-0.15, -0.1) is 0 Å². The second kappa shape index (κ2) is 5.64. The summed E-state index contributed by atoms with van der Waals surface area (Å²) in [5.74, 6) is -1.26. The predicted octanol–water partition coefficient (Wildman–Crippen LogP) is 2.62. The minimum Gasteiger partial charge on any atom is -0.351 e. The Hall–Kier alpha value is -2.32. The van der Waals surface area contributed by atoms with Gasteiger partial charge < -0.3 is 11.1 Å². The molecule has 4 rings (SSSR count). The van der Waals surface area contributed by atoms with Crippen LogP contribution in [0.2, 0.25) is 5.02 Å². The zero-order valence-corrected chi connectivity index (χ0v) is 13.1. The number of hydrogen-bond donors (Lipinski definition) is 2. The van der Waals surface area contributed by atoms with Crippen molar-refractivity contribution in [3.8, 4) is 11.4 Å². The topological polar surface area (TPSA) is 81.1 Å². The molecule has 124 valence electrons.